The molecule has 1 aromatic carbocycles. The van der Waals surface area contributed by atoms with Crippen LogP contribution in [0.3, 0.4) is 0 Å². The summed E-state index contributed by atoms with van der Waals surface area (Å²) >= 11 is 0. The van der Waals surface area contributed by atoms with E-state index in [2.05, 4.69) is 43.0 Å². The van der Waals surface area contributed by atoms with Crippen LogP contribution in [0.5, 0.6) is 0 Å². The zero-order valence-electron chi connectivity index (χ0n) is 23.8. The molecule has 4 heteroatoms. The Bertz CT molecular complexity index is 972. The van der Waals surface area contributed by atoms with E-state index in [9.17, 15) is 4.39 Å². The van der Waals surface area contributed by atoms with Gasteiger partial charge in [0, 0.05) is 18.1 Å². The van der Waals surface area contributed by atoms with Crippen molar-refractivity contribution in [2.45, 2.75) is 117 Å². The molecule has 0 fully saturated rings. The van der Waals surface area contributed by atoms with E-state index in [1.165, 1.54) is 113 Å². The number of unbranched alkanes of at least 4 members (excludes halogenated alkanes) is 12. The number of pyridine rings is 2. The molecular formula is C34H48FN3. The van der Waals surface area contributed by atoms with Crippen molar-refractivity contribution in [1.82, 2.24) is 9.97 Å². The Hall–Kier alpha value is -2.75. The first-order chi connectivity index (χ1) is 18.7. The zero-order chi connectivity index (χ0) is 26.8. The third kappa shape index (κ3) is 10.6. The third-order valence-corrected chi connectivity index (χ3v) is 7.30. The minimum Gasteiger partial charge on any atom is -0.279 e. The van der Waals surface area contributed by atoms with Crippen LogP contribution in [0.2, 0.25) is 0 Å². The van der Waals surface area contributed by atoms with Gasteiger partial charge in [-0.05, 0) is 85.3 Å². The van der Waals surface area contributed by atoms with Gasteiger partial charge in [0.2, 0.25) is 0 Å². The second-order valence-electron chi connectivity index (χ2n) is 10.6. The molecule has 38 heavy (non-hydrogen) atoms. The Morgan fingerprint density at radius 1 is 0.553 bits per heavy atom. The van der Waals surface area contributed by atoms with Crippen LogP contribution in [0.15, 0.2) is 60.9 Å². The summed E-state index contributed by atoms with van der Waals surface area (Å²) in [6.07, 6.45) is 24.1. The molecule has 0 aliphatic rings. The topological polar surface area (TPSA) is 29.0 Å². The monoisotopic (exact) mass is 517 g/mol. The first-order valence-electron chi connectivity index (χ1n) is 15.2. The first kappa shape index (κ1) is 29.8. The van der Waals surface area contributed by atoms with E-state index in [4.69, 9.17) is 9.97 Å². The molecule has 3 aromatic rings. The van der Waals surface area contributed by atoms with E-state index in [-0.39, 0.29) is 5.82 Å². The van der Waals surface area contributed by atoms with E-state index in [1.807, 2.05) is 24.5 Å². The first-order valence-corrected chi connectivity index (χ1v) is 15.2. The molecule has 0 N–H and O–H groups in total. The van der Waals surface area contributed by atoms with Crippen molar-refractivity contribution in [3.63, 3.8) is 0 Å². The summed E-state index contributed by atoms with van der Waals surface area (Å²) in [6, 6.07) is 15.2. The van der Waals surface area contributed by atoms with Crippen LogP contribution in [-0.4, -0.2) is 9.97 Å². The van der Waals surface area contributed by atoms with Gasteiger partial charge in [0.15, 0.2) is 0 Å². The van der Waals surface area contributed by atoms with Crippen LogP contribution in [0.25, 0.3) is 0 Å². The quantitative estimate of drug-likeness (QED) is 0.148. The van der Waals surface area contributed by atoms with Crippen LogP contribution in [-0.2, 0) is 12.8 Å². The lowest BCUT2D eigenvalue weighted by atomic mass is 10.0. The van der Waals surface area contributed by atoms with Crippen molar-refractivity contribution in [2.24, 2.45) is 0 Å². The Morgan fingerprint density at radius 2 is 0.974 bits per heavy atom. The van der Waals surface area contributed by atoms with E-state index in [1.54, 1.807) is 0 Å². The Morgan fingerprint density at radius 3 is 1.42 bits per heavy atom. The predicted molar refractivity (Wildman–Crippen MR) is 160 cm³/mol. The number of nitrogens with zero attached hydrogens (tertiary/aromatic N) is 3. The second kappa shape index (κ2) is 17.7. The Labute approximate surface area is 230 Å². The van der Waals surface area contributed by atoms with Gasteiger partial charge in [0.25, 0.3) is 0 Å². The summed E-state index contributed by atoms with van der Waals surface area (Å²) in [5.41, 5.74) is 3.44. The van der Waals surface area contributed by atoms with Crippen LogP contribution < -0.4 is 4.90 Å². The SMILES string of the molecule is CCCCCCCCCc1ccnc(N(c2ccc(F)cc2)c2cc(CCCCCCCCC)ccn2)c1. The van der Waals surface area contributed by atoms with Crippen LogP contribution in [0.1, 0.15) is 115 Å². The Kier molecular flexibility index (Phi) is 13.9. The normalized spacial score (nSPS) is 11.1. The molecule has 0 aliphatic carbocycles. The summed E-state index contributed by atoms with van der Waals surface area (Å²) < 4.78 is 13.8. The lowest BCUT2D eigenvalue weighted by molar-refractivity contribution is 0.589. The lowest BCUT2D eigenvalue weighted by Crippen LogP contribution is -2.13. The van der Waals surface area contributed by atoms with Gasteiger partial charge in [-0.1, -0.05) is 90.9 Å². The number of benzene rings is 1. The minimum absolute atomic E-state index is 0.241. The highest BCUT2D eigenvalue weighted by molar-refractivity contribution is 5.72. The fourth-order valence-electron chi connectivity index (χ4n) is 5.02. The molecule has 2 heterocycles. The molecule has 0 saturated heterocycles. The number of halogens is 1. The number of hydrogen-bond donors (Lipinski definition) is 0. The third-order valence-electron chi connectivity index (χ3n) is 7.30. The maximum atomic E-state index is 13.8. The standard InChI is InChI=1S/C34H48FN3/c1-3-5-7-9-11-13-15-17-29-23-25-36-33(27-29)38(32-21-19-31(35)20-22-32)34-28-30(24-26-37-34)18-16-14-12-10-8-6-4-2/h19-28H,3-18H2,1-2H3. The molecule has 3 rings (SSSR count). The average molecular weight is 518 g/mol. The molecule has 0 unspecified atom stereocenters. The van der Waals surface area contributed by atoms with Crippen molar-refractivity contribution in [3.8, 4) is 0 Å². The van der Waals surface area contributed by atoms with E-state index in [0.29, 0.717) is 0 Å². The molecule has 2 aromatic heterocycles. The number of aromatic nitrogens is 2. The molecule has 3 nitrogen and oxygen atoms in total. The van der Waals surface area contributed by atoms with Gasteiger partial charge in [0.05, 0.1) is 0 Å². The van der Waals surface area contributed by atoms with Crippen LogP contribution >= 0.6 is 0 Å². The van der Waals surface area contributed by atoms with Gasteiger partial charge in [0.1, 0.15) is 17.5 Å². The maximum Gasteiger partial charge on any atom is 0.138 e. The molecule has 0 bridgehead atoms. The van der Waals surface area contributed by atoms with Gasteiger partial charge < -0.3 is 0 Å². The fraction of sp³-hybridized carbons (Fsp3) is 0.529. The average Bonchev–Trinajstić information content (AvgIpc) is 2.94. The minimum atomic E-state index is -0.241. The highest BCUT2D eigenvalue weighted by Gasteiger charge is 2.16. The van der Waals surface area contributed by atoms with Crippen molar-refractivity contribution in [3.05, 3.63) is 77.9 Å². The predicted octanol–water partition coefficient (Wildman–Crippen LogP) is 10.7. The summed E-state index contributed by atoms with van der Waals surface area (Å²) in [5, 5.41) is 0. The van der Waals surface area contributed by atoms with Crippen LogP contribution in [0.4, 0.5) is 21.7 Å². The molecule has 0 amide bonds. The van der Waals surface area contributed by atoms with Gasteiger partial charge >= 0.3 is 0 Å². The van der Waals surface area contributed by atoms with Gasteiger partial charge in [-0.3, -0.25) is 4.90 Å². The highest BCUT2D eigenvalue weighted by atomic mass is 19.1. The van der Waals surface area contributed by atoms with E-state index >= 15 is 0 Å². The summed E-state index contributed by atoms with van der Waals surface area (Å²) in [7, 11) is 0. The summed E-state index contributed by atoms with van der Waals surface area (Å²) in [4.78, 5) is 11.5. The summed E-state index contributed by atoms with van der Waals surface area (Å²) in [6.45, 7) is 4.52. The van der Waals surface area contributed by atoms with Gasteiger partial charge in [-0.15, -0.1) is 0 Å². The van der Waals surface area contributed by atoms with Crippen molar-refractivity contribution in [1.29, 1.82) is 0 Å². The zero-order valence-corrected chi connectivity index (χ0v) is 23.8. The highest BCUT2D eigenvalue weighted by Crippen LogP contribution is 2.33. The number of anilines is 3. The summed E-state index contributed by atoms with van der Waals surface area (Å²) in [5.74, 6) is 1.42. The Balaban J connectivity index is 1.69. The van der Waals surface area contributed by atoms with Gasteiger partial charge in [-0.25, -0.2) is 14.4 Å². The van der Waals surface area contributed by atoms with Crippen molar-refractivity contribution in [2.75, 3.05) is 4.90 Å². The van der Waals surface area contributed by atoms with Gasteiger partial charge in [-0.2, -0.15) is 0 Å². The maximum absolute atomic E-state index is 13.8. The molecule has 0 saturated carbocycles. The molecule has 0 radical (unpaired) electrons. The van der Waals surface area contributed by atoms with E-state index in [0.717, 1.165) is 30.2 Å². The molecular weight excluding hydrogens is 469 g/mol. The van der Waals surface area contributed by atoms with E-state index < -0.39 is 0 Å². The molecule has 0 atom stereocenters. The number of aryl methyl sites for hydroxylation is 2. The number of hydrogen-bond acceptors (Lipinski definition) is 3. The van der Waals surface area contributed by atoms with Crippen LogP contribution in [0, 0.1) is 5.82 Å². The molecule has 206 valence electrons. The molecule has 0 spiro atoms. The fourth-order valence-corrected chi connectivity index (χ4v) is 5.02. The lowest BCUT2D eigenvalue weighted by Gasteiger charge is -2.24. The second-order valence-corrected chi connectivity index (χ2v) is 10.6. The smallest absolute Gasteiger partial charge is 0.138 e. The number of rotatable bonds is 19. The van der Waals surface area contributed by atoms with Crippen molar-refractivity contribution < 1.29 is 4.39 Å². The van der Waals surface area contributed by atoms with Crippen molar-refractivity contribution >= 4 is 17.3 Å². The largest absolute Gasteiger partial charge is 0.279 e. The molecule has 0 aliphatic heterocycles.